The molecule has 1 fully saturated rings. The first-order valence-electron chi connectivity index (χ1n) is 5.29. The molecule has 4 atom stereocenters. The molecule has 1 saturated heterocycles. The summed E-state index contributed by atoms with van der Waals surface area (Å²) in [4.78, 5) is 0. The summed E-state index contributed by atoms with van der Waals surface area (Å²) < 4.78 is 11.5. The van der Waals surface area contributed by atoms with Gasteiger partial charge in [-0.1, -0.05) is 19.1 Å². The van der Waals surface area contributed by atoms with Crippen LogP contribution in [0.3, 0.4) is 0 Å². The lowest BCUT2D eigenvalue weighted by molar-refractivity contribution is -0.251. The smallest absolute Gasteiger partial charge is 0.156 e. The van der Waals surface area contributed by atoms with Crippen LogP contribution in [0.25, 0.3) is 0 Å². The Hall–Kier alpha value is -0.340. The van der Waals surface area contributed by atoms with E-state index in [4.69, 9.17) is 9.47 Å². The third kappa shape index (κ3) is 1.79. The van der Waals surface area contributed by atoms with Gasteiger partial charge in [-0.25, -0.2) is 0 Å². The summed E-state index contributed by atoms with van der Waals surface area (Å²) >= 11 is 0. The van der Waals surface area contributed by atoms with Gasteiger partial charge in [0.05, 0.1) is 12.2 Å². The molecule has 2 nitrogen and oxygen atoms in total. The van der Waals surface area contributed by atoms with Crippen LogP contribution in [0.4, 0.5) is 0 Å². The summed E-state index contributed by atoms with van der Waals surface area (Å²) in [5.41, 5.74) is 0. The molecule has 0 N–H and O–H groups in total. The Kier molecular flexibility index (Phi) is 2.70. The van der Waals surface area contributed by atoms with Crippen LogP contribution < -0.4 is 0 Å². The number of rotatable bonds is 1. The van der Waals surface area contributed by atoms with Gasteiger partial charge in [-0.3, -0.25) is 0 Å². The highest BCUT2D eigenvalue weighted by molar-refractivity contribution is 5.01. The molecule has 0 aromatic rings. The topological polar surface area (TPSA) is 18.5 Å². The van der Waals surface area contributed by atoms with Crippen LogP contribution in [-0.4, -0.2) is 18.5 Å². The van der Waals surface area contributed by atoms with Crippen LogP contribution in [0.15, 0.2) is 12.2 Å². The lowest BCUT2D eigenvalue weighted by Gasteiger charge is -2.41. The third-order valence-corrected chi connectivity index (χ3v) is 3.01. The first-order valence-corrected chi connectivity index (χ1v) is 5.29. The van der Waals surface area contributed by atoms with Gasteiger partial charge in [0.1, 0.15) is 0 Å². The Morgan fingerprint density at radius 1 is 1.38 bits per heavy atom. The monoisotopic (exact) mass is 182 g/mol. The van der Waals surface area contributed by atoms with Crippen LogP contribution in [-0.2, 0) is 9.47 Å². The standard InChI is InChI=1S/C11H18O2/c1-3-10-9-6-4-5-7-11(9)13-8(2)12-10/h5,7-11H,3-4,6H2,1-2H3. The lowest BCUT2D eigenvalue weighted by Crippen LogP contribution is -2.45. The van der Waals surface area contributed by atoms with Gasteiger partial charge in [-0.15, -0.1) is 0 Å². The largest absolute Gasteiger partial charge is 0.349 e. The van der Waals surface area contributed by atoms with Crippen molar-refractivity contribution < 1.29 is 9.47 Å². The summed E-state index contributed by atoms with van der Waals surface area (Å²) in [6.07, 6.45) is 8.60. The van der Waals surface area contributed by atoms with Gasteiger partial charge in [-0.05, 0) is 26.2 Å². The molecule has 0 aromatic carbocycles. The predicted octanol–water partition coefficient (Wildman–Crippen LogP) is 2.49. The minimum absolute atomic E-state index is 0.0334. The molecular formula is C11H18O2. The summed E-state index contributed by atoms with van der Waals surface area (Å²) in [6.45, 7) is 4.18. The lowest BCUT2D eigenvalue weighted by atomic mass is 9.85. The molecule has 0 amide bonds. The fourth-order valence-corrected chi connectivity index (χ4v) is 2.37. The molecule has 0 aromatic heterocycles. The molecule has 0 bridgehead atoms. The van der Waals surface area contributed by atoms with E-state index in [2.05, 4.69) is 19.1 Å². The summed E-state index contributed by atoms with van der Waals surface area (Å²) in [5.74, 6) is 0.589. The zero-order valence-corrected chi connectivity index (χ0v) is 8.40. The average Bonchev–Trinajstić information content (AvgIpc) is 2.16. The van der Waals surface area contributed by atoms with Crippen molar-refractivity contribution >= 4 is 0 Å². The highest BCUT2D eigenvalue weighted by Crippen LogP contribution is 2.33. The fourth-order valence-electron chi connectivity index (χ4n) is 2.37. The van der Waals surface area contributed by atoms with Gasteiger partial charge in [0.25, 0.3) is 0 Å². The van der Waals surface area contributed by atoms with E-state index in [9.17, 15) is 0 Å². The second kappa shape index (κ2) is 3.81. The minimum Gasteiger partial charge on any atom is -0.349 e. The molecule has 4 unspecified atom stereocenters. The molecule has 2 heteroatoms. The highest BCUT2D eigenvalue weighted by atomic mass is 16.7. The second-order valence-electron chi connectivity index (χ2n) is 3.92. The Balaban J connectivity index is 2.09. The van der Waals surface area contributed by atoms with Crippen LogP contribution in [0.1, 0.15) is 33.1 Å². The molecule has 2 rings (SSSR count). The van der Waals surface area contributed by atoms with E-state index in [1.807, 2.05) is 6.92 Å². The summed E-state index contributed by atoms with van der Waals surface area (Å²) in [5, 5.41) is 0. The zero-order valence-electron chi connectivity index (χ0n) is 8.40. The van der Waals surface area contributed by atoms with E-state index in [0.717, 1.165) is 6.42 Å². The van der Waals surface area contributed by atoms with Crippen molar-refractivity contribution in [3.05, 3.63) is 12.2 Å². The number of allylic oxidation sites excluding steroid dienone is 1. The van der Waals surface area contributed by atoms with Gasteiger partial charge in [-0.2, -0.15) is 0 Å². The van der Waals surface area contributed by atoms with Crippen LogP contribution in [0.5, 0.6) is 0 Å². The highest BCUT2D eigenvalue weighted by Gasteiger charge is 2.36. The maximum atomic E-state index is 5.75. The quantitative estimate of drug-likeness (QED) is 0.580. The van der Waals surface area contributed by atoms with E-state index in [0.29, 0.717) is 18.1 Å². The predicted molar refractivity (Wildman–Crippen MR) is 51.4 cm³/mol. The molecule has 2 aliphatic rings. The molecule has 74 valence electrons. The first-order chi connectivity index (χ1) is 6.31. The maximum Gasteiger partial charge on any atom is 0.156 e. The van der Waals surface area contributed by atoms with Gasteiger partial charge >= 0.3 is 0 Å². The van der Waals surface area contributed by atoms with Crippen molar-refractivity contribution in [3.8, 4) is 0 Å². The second-order valence-corrected chi connectivity index (χ2v) is 3.92. The van der Waals surface area contributed by atoms with Crippen molar-refractivity contribution in [1.29, 1.82) is 0 Å². The van der Waals surface area contributed by atoms with E-state index in [-0.39, 0.29) is 6.29 Å². The van der Waals surface area contributed by atoms with Crippen molar-refractivity contribution in [3.63, 3.8) is 0 Å². The fraction of sp³-hybridized carbons (Fsp3) is 0.818. The Morgan fingerprint density at radius 3 is 3.00 bits per heavy atom. The zero-order chi connectivity index (χ0) is 9.26. The van der Waals surface area contributed by atoms with E-state index < -0.39 is 0 Å². The Bertz CT molecular complexity index is 200. The molecule has 1 aliphatic carbocycles. The van der Waals surface area contributed by atoms with Gasteiger partial charge in [0.15, 0.2) is 6.29 Å². The van der Waals surface area contributed by atoms with Crippen LogP contribution in [0.2, 0.25) is 0 Å². The molecule has 0 radical (unpaired) electrons. The van der Waals surface area contributed by atoms with E-state index >= 15 is 0 Å². The van der Waals surface area contributed by atoms with Crippen molar-refractivity contribution in [2.24, 2.45) is 5.92 Å². The van der Waals surface area contributed by atoms with Gasteiger partial charge < -0.3 is 9.47 Å². The van der Waals surface area contributed by atoms with Gasteiger partial charge in [0.2, 0.25) is 0 Å². The van der Waals surface area contributed by atoms with Crippen molar-refractivity contribution in [2.75, 3.05) is 0 Å². The molecule has 13 heavy (non-hydrogen) atoms. The normalized spacial score (nSPS) is 44.5. The first kappa shape index (κ1) is 9.22. The maximum absolute atomic E-state index is 5.75. The van der Waals surface area contributed by atoms with Crippen molar-refractivity contribution in [2.45, 2.75) is 51.6 Å². The third-order valence-electron chi connectivity index (χ3n) is 3.01. The Labute approximate surface area is 79.9 Å². The number of fused-ring (bicyclic) bond motifs is 1. The average molecular weight is 182 g/mol. The van der Waals surface area contributed by atoms with Crippen molar-refractivity contribution in [1.82, 2.24) is 0 Å². The van der Waals surface area contributed by atoms with E-state index in [1.54, 1.807) is 0 Å². The molecular weight excluding hydrogens is 164 g/mol. The molecule has 1 heterocycles. The minimum atomic E-state index is -0.0334. The SMILES string of the molecule is CCC1OC(C)OC2C=CCCC21. The number of hydrogen-bond acceptors (Lipinski definition) is 2. The summed E-state index contributed by atoms with van der Waals surface area (Å²) in [7, 11) is 0. The number of hydrogen-bond donors (Lipinski definition) is 0. The van der Waals surface area contributed by atoms with Crippen LogP contribution >= 0.6 is 0 Å². The summed E-state index contributed by atoms with van der Waals surface area (Å²) in [6, 6.07) is 0. The molecule has 0 saturated carbocycles. The molecule has 1 aliphatic heterocycles. The molecule has 0 spiro atoms. The van der Waals surface area contributed by atoms with Crippen LogP contribution in [0, 0.1) is 5.92 Å². The van der Waals surface area contributed by atoms with Gasteiger partial charge in [0, 0.05) is 5.92 Å². The number of ether oxygens (including phenoxy) is 2. The Morgan fingerprint density at radius 2 is 2.23 bits per heavy atom. The van der Waals surface area contributed by atoms with E-state index in [1.165, 1.54) is 12.8 Å².